The second-order valence-electron chi connectivity index (χ2n) is 9.29. The molecule has 3 rings (SSSR count). The molecule has 0 saturated carbocycles. The molecule has 1 fully saturated rings. The molecule has 0 spiro atoms. The molecule has 37 heavy (non-hydrogen) atoms. The summed E-state index contributed by atoms with van der Waals surface area (Å²) in [5.41, 5.74) is 8.51. The number of hydrogen-bond acceptors (Lipinski definition) is 6. The predicted octanol–water partition coefficient (Wildman–Crippen LogP) is 3.71. The van der Waals surface area contributed by atoms with Gasteiger partial charge in [0.2, 0.25) is 0 Å². The van der Waals surface area contributed by atoms with Crippen molar-refractivity contribution in [2.45, 2.75) is 39.7 Å². The summed E-state index contributed by atoms with van der Waals surface area (Å²) >= 11 is 4.94. The molecule has 2 aromatic rings. The van der Waals surface area contributed by atoms with Crippen molar-refractivity contribution in [3.8, 4) is 11.5 Å². The monoisotopic (exact) mass is 644 g/mol. The third-order valence-corrected chi connectivity index (χ3v) is 11.9. The number of hydrogen-bond donors (Lipinski definition) is 5. The van der Waals surface area contributed by atoms with Crippen molar-refractivity contribution in [3.63, 3.8) is 0 Å². The number of phenols is 2. The van der Waals surface area contributed by atoms with E-state index in [2.05, 4.69) is 10.6 Å². The molecule has 0 aromatic heterocycles. The zero-order chi connectivity index (χ0) is 27.1. The summed E-state index contributed by atoms with van der Waals surface area (Å²) in [6.07, 6.45) is 1.49. The van der Waals surface area contributed by atoms with Crippen LogP contribution in [0.25, 0.3) is 0 Å². The second-order valence-corrected chi connectivity index (χ2v) is 15.5. The van der Waals surface area contributed by atoms with Gasteiger partial charge < -0.3 is 5.11 Å². The van der Waals surface area contributed by atoms with Crippen LogP contribution >= 0.6 is 31.4 Å². The quantitative estimate of drug-likeness (QED) is 0.129. The van der Waals surface area contributed by atoms with E-state index in [0.717, 1.165) is 35.5 Å². The molecule has 2 aromatic carbocycles. The fourth-order valence-corrected chi connectivity index (χ4v) is 9.82. The van der Waals surface area contributed by atoms with Crippen LogP contribution < -0.4 is 16.4 Å². The number of nitrogens with two attached hydrogens (primary N) is 1. The summed E-state index contributed by atoms with van der Waals surface area (Å²) < 4.78 is 3.35. The van der Waals surface area contributed by atoms with Crippen molar-refractivity contribution in [2.24, 2.45) is 5.73 Å². The van der Waals surface area contributed by atoms with Gasteiger partial charge in [-0.05, 0) is 12.5 Å². The number of carbonyl (C=O) groups is 2. The zero-order valence-corrected chi connectivity index (χ0v) is 24.7. The van der Waals surface area contributed by atoms with Crippen molar-refractivity contribution in [2.75, 3.05) is 41.6 Å². The Morgan fingerprint density at radius 1 is 1.14 bits per heavy atom. The van der Waals surface area contributed by atoms with Gasteiger partial charge in [0.15, 0.2) is 0 Å². The van der Waals surface area contributed by atoms with Gasteiger partial charge in [0.1, 0.15) is 5.75 Å². The standard InChI is InChI=1S/C27H38ClIN4O4/c1-17-6-7-20(24(28)26(17)36)19(3)31-13-4-5-15-33(16-23(35)32-14-12-30)27(37)21-8-9-22(34)18(2)25(21)29-10-11-29/h6-9,19,31,34,36H,4-5,10-16,30H2,1-3H3,(H,32,35). The summed E-state index contributed by atoms with van der Waals surface area (Å²) in [6.45, 7) is 7.46. The van der Waals surface area contributed by atoms with Gasteiger partial charge in [0, 0.05) is 0 Å². The number of aromatic hydroxyl groups is 2. The summed E-state index contributed by atoms with van der Waals surface area (Å²) in [6, 6.07) is 7.00. The molecule has 204 valence electrons. The number of halogens is 2. The average molecular weight is 645 g/mol. The molecule has 8 nitrogen and oxygen atoms in total. The Hall–Kier alpha value is -2.08. The molecule has 1 unspecified atom stereocenters. The Labute approximate surface area is 231 Å². The topological polar surface area (TPSA) is 128 Å². The number of nitrogens with zero attached hydrogens (tertiary/aromatic N) is 1. The maximum atomic E-state index is 13.6. The first-order chi connectivity index (χ1) is 17.6. The first-order valence-corrected chi connectivity index (χ1v) is 17.1. The number of phenolic OH excluding ortho intramolecular Hbond substituents is 2. The van der Waals surface area contributed by atoms with Crippen LogP contribution in [0.2, 0.25) is 5.02 Å². The van der Waals surface area contributed by atoms with Gasteiger partial charge in [0.05, 0.1) is 0 Å². The van der Waals surface area contributed by atoms with Gasteiger partial charge in [-0.1, -0.05) is 17.7 Å². The van der Waals surface area contributed by atoms with Crippen LogP contribution in [0.4, 0.5) is 0 Å². The Bertz CT molecular complexity index is 1130. The number of unbranched alkanes of at least 4 members (excludes halogenated alkanes) is 1. The maximum absolute atomic E-state index is 13.6. The van der Waals surface area contributed by atoms with E-state index in [4.69, 9.17) is 17.3 Å². The van der Waals surface area contributed by atoms with E-state index in [1.807, 2.05) is 32.9 Å². The Balaban J connectivity index is 1.63. The van der Waals surface area contributed by atoms with Gasteiger partial charge in [-0.3, -0.25) is 0 Å². The van der Waals surface area contributed by atoms with Crippen LogP contribution in [0.1, 0.15) is 52.9 Å². The molecule has 1 heterocycles. The Kier molecular flexibility index (Phi) is 10.9. The third-order valence-electron chi connectivity index (χ3n) is 6.44. The Morgan fingerprint density at radius 2 is 1.86 bits per heavy atom. The van der Waals surface area contributed by atoms with Gasteiger partial charge in [-0.2, -0.15) is 0 Å². The van der Waals surface area contributed by atoms with Crippen molar-refractivity contribution in [3.05, 3.63) is 55.1 Å². The molecule has 0 aliphatic carbocycles. The van der Waals surface area contributed by atoms with E-state index < -0.39 is 19.8 Å². The number of benzene rings is 2. The minimum Gasteiger partial charge on any atom is -0.506 e. The number of amides is 2. The molecule has 6 N–H and O–H groups in total. The van der Waals surface area contributed by atoms with E-state index in [9.17, 15) is 19.8 Å². The molecule has 1 saturated heterocycles. The van der Waals surface area contributed by atoms with Crippen LogP contribution in [0.3, 0.4) is 0 Å². The molecule has 1 aliphatic rings. The average Bonchev–Trinajstić information content (AvgIpc) is 3.71. The fourth-order valence-electron chi connectivity index (χ4n) is 4.14. The normalized spacial score (nSPS) is 14.4. The van der Waals surface area contributed by atoms with Crippen molar-refractivity contribution >= 4 is 43.2 Å². The molecule has 0 radical (unpaired) electrons. The molecular formula is C27H38ClIN4O4. The summed E-state index contributed by atoms with van der Waals surface area (Å²) in [5.74, 6) is -0.0614. The summed E-state index contributed by atoms with van der Waals surface area (Å²) in [7, 11) is 0. The van der Waals surface area contributed by atoms with Crippen molar-refractivity contribution < 1.29 is 19.8 Å². The third kappa shape index (κ3) is 7.72. The molecule has 1 atom stereocenters. The van der Waals surface area contributed by atoms with Gasteiger partial charge in [-0.25, -0.2) is 0 Å². The van der Waals surface area contributed by atoms with E-state index in [0.29, 0.717) is 43.2 Å². The van der Waals surface area contributed by atoms with Crippen LogP contribution in [0.5, 0.6) is 11.5 Å². The first-order valence-electron chi connectivity index (χ1n) is 12.6. The van der Waals surface area contributed by atoms with E-state index in [1.54, 1.807) is 17.0 Å². The first kappa shape index (κ1) is 29.5. The van der Waals surface area contributed by atoms with E-state index in [-0.39, 0.29) is 35.9 Å². The van der Waals surface area contributed by atoms with Gasteiger partial charge in [-0.15, -0.1) is 0 Å². The van der Waals surface area contributed by atoms with Crippen molar-refractivity contribution in [1.29, 1.82) is 0 Å². The number of rotatable bonds is 13. The van der Waals surface area contributed by atoms with Crippen LogP contribution in [-0.2, 0) is 4.79 Å². The van der Waals surface area contributed by atoms with Crippen LogP contribution in [0, 0.1) is 17.4 Å². The Morgan fingerprint density at radius 3 is 2.54 bits per heavy atom. The van der Waals surface area contributed by atoms with Gasteiger partial charge in [0.25, 0.3) is 0 Å². The molecular weight excluding hydrogens is 607 g/mol. The molecule has 0 bridgehead atoms. The summed E-state index contributed by atoms with van der Waals surface area (Å²) in [4.78, 5) is 27.7. The minimum absolute atomic E-state index is 0.0332. The minimum atomic E-state index is -1.38. The molecule has 2 amide bonds. The van der Waals surface area contributed by atoms with Crippen molar-refractivity contribution in [1.82, 2.24) is 15.5 Å². The SMILES string of the molecule is Cc1ccc(C(C)NCCCCN(CC(=O)NCCN)C(=O)c2ccc(O)c(C)c2I2CC2)c(Cl)c1O. The molecule has 1 aliphatic heterocycles. The smallest absolute Gasteiger partial charge is 0.506 e. The number of nitrogens with one attached hydrogen (secondary N) is 2. The number of alkyl halides is 2. The summed E-state index contributed by atoms with van der Waals surface area (Å²) in [5, 5.41) is 26.9. The van der Waals surface area contributed by atoms with Crippen LogP contribution in [-0.4, -0.2) is 68.5 Å². The number of aryl methyl sites for hydroxylation is 1. The second kappa shape index (κ2) is 13.6. The predicted molar refractivity (Wildman–Crippen MR) is 157 cm³/mol. The van der Waals surface area contributed by atoms with E-state index in [1.165, 1.54) is 0 Å². The molecule has 10 heteroatoms. The zero-order valence-electron chi connectivity index (χ0n) is 21.7. The number of carbonyl (C=O) groups excluding carboxylic acids is 2. The van der Waals surface area contributed by atoms with Gasteiger partial charge >= 0.3 is 191 Å². The van der Waals surface area contributed by atoms with E-state index >= 15 is 0 Å². The fraction of sp³-hybridized carbons (Fsp3) is 0.481. The van der Waals surface area contributed by atoms with Crippen LogP contribution in [0.15, 0.2) is 24.3 Å².